The number of esters is 1. The lowest BCUT2D eigenvalue weighted by Crippen LogP contribution is -2.26. The molecule has 0 aliphatic heterocycles. The number of aryl methyl sites for hydroxylation is 1. The smallest absolute Gasteiger partial charge is 0.353 e. The lowest BCUT2D eigenvalue weighted by atomic mass is 10.1. The second kappa shape index (κ2) is 7.43. The molecule has 0 spiro atoms. The molecule has 0 fully saturated rings. The van der Waals surface area contributed by atoms with E-state index in [1.807, 2.05) is 6.92 Å². The van der Waals surface area contributed by atoms with Crippen LogP contribution in [0.3, 0.4) is 0 Å². The highest BCUT2D eigenvalue weighted by atomic mass is 35.5. The maximum Gasteiger partial charge on any atom is 0.353 e. The van der Waals surface area contributed by atoms with Crippen LogP contribution in [0.15, 0.2) is 17.2 Å². The van der Waals surface area contributed by atoms with Gasteiger partial charge in [0.25, 0.3) is 0 Å². The van der Waals surface area contributed by atoms with Crippen molar-refractivity contribution >= 4 is 40.8 Å². The van der Waals surface area contributed by atoms with Gasteiger partial charge in [0.15, 0.2) is 0 Å². The third-order valence-electron chi connectivity index (χ3n) is 2.85. The van der Waals surface area contributed by atoms with Crippen molar-refractivity contribution in [2.24, 2.45) is 5.10 Å². The lowest BCUT2D eigenvalue weighted by Gasteiger charge is -2.14. The SMILES string of the molecule is COC(=O)C(C)=NN(C)C(=O)Cc1c(C)cc(Cl)cc1Cl. The molecule has 7 heteroatoms. The molecule has 1 aromatic rings. The van der Waals surface area contributed by atoms with Crippen molar-refractivity contribution in [1.82, 2.24) is 5.01 Å². The standard InChI is InChI=1S/C14H16Cl2N2O3/c1-8-5-10(15)6-12(16)11(8)7-13(19)18(3)17-9(2)14(20)21-4/h5-6H,7H2,1-4H3. The first-order valence-corrected chi connectivity index (χ1v) is 6.86. The quantitative estimate of drug-likeness (QED) is 0.484. The van der Waals surface area contributed by atoms with Crippen molar-refractivity contribution in [3.8, 4) is 0 Å². The molecule has 21 heavy (non-hydrogen) atoms. The summed E-state index contributed by atoms with van der Waals surface area (Å²) in [5.74, 6) is -0.888. The molecule has 0 aliphatic rings. The fraction of sp³-hybridized carbons (Fsp3) is 0.357. The number of methoxy groups -OCH3 is 1. The molecule has 0 unspecified atom stereocenters. The second-order valence-electron chi connectivity index (χ2n) is 4.45. The van der Waals surface area contributed by atoms with Gasteiger partial charge in [-0.1, -0.05) is 23.2 Å². The summed E-state index contributed by atoms with van der Waals surface area (Å²) in [7, 11) is 2.72. The number of hydrogen-bond donors (Lipinski definition) is 0. The summed E-state index contributed by atoms with van der Waals surface area (Å²) in [5.41, 5.74) is 1.60. The lowest BCUT2D eigenvalue weighted by molar-refractivity contribution is -0.132. The summed E-state index contributed by atoms with van der Waals surface area (Å²) < 4.78 is 4.52. The van der Waals surface area contributed by atoms with Crippen LogP contribution in [0.5, 0.6) is 0 Å². The zero-order chi connectivity index (χ0) is 16.2. The van der Waals surface area contributed by atoms with Crippen molar-refractivity contribution in [3.63, 3.8) is 0 Å². The molecule has 0 saturated heterocycles. The van der Waals surface area contributed by atoms with Crippen LogP contribution in [-0.2, 0) is 20.7 Å². The van der Waals surface area contributed by atoms with Gasteiger partial charge in [0.05, 0.1) is 13.5 Å². The Kier molecular flexibility index (Phi) is 6.18. The Hall–Kier alpha value is -1.59. The van der Waals surface area contributed by atoms with Gasteiger partial charge in [0.1, 0.15) is 5.71 Å². The summed E-state index contributed by atoms with van der Waals surface area (Å²) >= 11 is 12.0. The van der Waals surface area contributed by atoms with E-state index in [4.69, 9.17) is 23.2 Å². The van der Waals surface area contributed by atoms with Gasteiger partial charge in [-0.05, 0) is 37.1 Å². The molecule has 0 aliphatic carbocycles. The van der Waals surface area contributed by atoms with E-state index in [0.717, 1.165) is 10.6 Å². The fourth-order valence-corrected chi connectivity index (χ4v) is 2.35. The van der Waals surface area contributed by atoms with E-state index in [1.54, 1.807) is 12.1 Å². The van der Waals surface area contributed by atoms with E-state index in [0.29, 0.717) is 15.6 Å². The zero-order valence-corrected chi connectivity index (χ0v) is 13.7. The number of hydrogen-bond acceptors (Lipinski definition) is 4. The van der Waals surface area contributed by atoms with Crippen molar-refractivity contribution < 1.29 is 14.3 Å². The first-order chi connectivity index (χ1) is 9.76. The number of nitrogens with zero attached hydrogens (tertiary/aromatic N) is 2. The Balaban J connectivity index is 2.89. The van der Waals surface area contributed by atoms with Crippen LogP contribution in [0.2, 0.25) is 10.0 Å². The first kappa shape index (κ1) is 17.5. The third-order valence-corrected chi connectivity index (χ3v) is 3.41. The number of carbonyl (C=O) groups is 2. The van der Waals surface area contributed by atoms with Gasteiger partial charge in [-0.15, -0.1) is 0 Å². The number of likely N-dealkylation sites (N-methyl/N-ethyl adjacent to an activating group) is 1. The molecule has 0 N–H and O–H groups in total. The van der Waals surface area contributed by atoms with Crippen LogP contribution in [0.1, 0.15) is 18.1 Å². The molecular weight excluding hydrogens is 315 g/mol. The first-order valence-electron chi connectivity index (χ1n) is 6.10. The number of rotatable bonds is 4. The summed E-state index contributed by atoms with van der Waals surface area (Å²) in [5, 5.41) is 5.91. The van der Waals surface area contributed by atoms with Crippen molar-refractivity contribution in [2.75, 3.05) is 14.2 Å². The molecule has 0 heterocycles. The predicted molar refractivity (Wildman–Crippen MR) is 82.8 cm³/mol. The Morgan fingerprint density at radius 2 is 1.95 bits per heavy atom. The van der Waals surface area contributed by atoms with E-state index >= 15 is 0 Å². The van der Waals surface area contributed by atoms with Gasteiger partial charge in [0, 0.05) is 17.1 Å². The molecular formula is C14H16Cl2N2O3. The molecule has 114 valence electrons. The summed E-state index contributed by atoms with van der Waals surface area (Å²) in [6, 6.07) is 3.32. The van der Waals surface area contributed by atoms with Crippen molar-refractivity contribution in [3.05, 3.63) is 33.3 Å². The third kappa shape index (κ3) is 4.72. The molecule has 0 radical (unpaired) electrons. The normalized spacial score (nSPS) is 11.2. The monoisotopic (exact) mass is 330 g/mol. The second-order valence-corrected chi connectivity index (χ2v) is 5.30. The average molecular weight is 331 g/mol. The minimum Gasteiger partial charge on any atom is -0.464 e. The van der Waals surface area contributed by atoms with Gasteiger partial charge in [-0.3, -0.25) is 4.79 Å². The molecule has 0 atom stereocenters. The topological polar surface area (TPSA) is 59.0 Å². The number of halogens is 2. The van der Waals surface area contributed by atoms with Gasteiger partial charge < -0.3 is 4.74 Å². The van der Waals surface area contributed by atoms with Crippen LogP contribution in [-0.4, -0.2) is 36.8 Å². The minimum absolute atomic E-state index is 0.0658. The highest BCUT2D eigenvalue weighted by molar-refractivity contribution is 6.36. The van der Waals surface area contributed by atoms with E-state index in [-0.39, 0.29) is 18.0 Å². The Morgan fingerprint density at radius 1 is 1.33 bits per heavy atom. The van der Waals surface area contributed by atoms with E-state index in [2.05, 4.69) is 9.84 Å². The number of carbonyl (C=O) groups excluding carboxylic acids is 2. The van der Waals surface area contributed by atoms with E-state index in [9.17, 15) is 9.59 Å². The van der Waals surface area contributed by atoms with Crippen LogP contribution in [0.4, 0.5) is 0 Å². The van der Waals surface area contributed by atoms with Crippen molar-refractivity contribution in [2.45, 2.75) is 20.3 Å². The van der Waals surface area contributed by atoms with Gasteiger partial charge in [0.2, 0.25) is 5.91 Å². The van der Waals surface area contributed by atoms with E-state index in [1.165, 1.54) is 21.1 Å². The highest BCUT2D eigenvalue weighted by Crippen LogP contribution is 2.25. The molecule has 0 bridgehead atoms. The maximum absolute atomic E-state index is 12.1. The minimum atomic E-state index is -0.588. The molecule has 0 saturated carbocycles. The summed E-state index contributed by atoms with van der Waals surface area (Å²) in [6.07, 6.45) is 0.0658. The number of amides is 1. The van der Waals surface area contributed by atoms with E-state index < -0.39 is 5.97 Å². The number of hydrazone groups is 1. The highest BCUT2D eigenvalue weighted by Gasteiger charge is 2.15. The number of benzene rings is 1. The predicted octanol–water partition coefficient (Wildman–Crippen LogP) is 2.85. The molecule has 0 aromatic heterocycles. The zero-order valence-electron chi connectivity index (χ0n) is 12.2. The largest absolute Gasteiger partial charge is 0.464 e. The molecule has 1 aromatic carbocycles. The Bertz CT molecular complexity index is 577. The number of ether oxygens (including phenoxy) is 1. The van der Waals surface area contributed by atoms with Gasteiger partial charge in [-0.2, -0.15) is 5.10 Å². The van der Waals surface area contributed by atoms with Crippen LogP contribution < -0.4 is 0 Å². The van der Waals surface area contributed by atoms with Crippen LogP contribution in [0, 0.1) is 6.92 Å². The van der Waals surface area contributed by atoms with Gasteiger partial charge >= 0.3 is 5.97 Å². The molecule has 5 nitrogen and oxygen atoms in total. The van der Waals surface area contributed by atoms with Crippen molar-refractivity contribution in [1.29, 1.82) is 0 Å². The fourth-order valence-electron chi connectivity index (χ4n) is 1.69. The Labute approximate surface area is 133 Å². The van der Waals surface area contributed by atoms with Crippen LogP contribution >= 0.6 is 23.2 Å². The Morgan fingerprint density at radius 3 is 2.48 bits per heavy atom. The molecule has 1 rings (SSSR count). The maximum atomic E-state index is 12.1. The van der Waals surface area contributed by atoms with Crippen LogP contribution in [0.25, 0.3) is 0 Å². The molecule has 1 amide bonds. The summed E-state index contributed by atoms with van der Waals surface area (Å²) in [6.45, 7) is 3.29. The average Bonchev–Trinajstić information content (AvgIpc) is 2.41. The summed E-state index contributed by atoms with van der Waals surface area (Å²) in [4.78, 5) is 23.4. The van der Waals surface area contributed by atoms with Gasteiger partial charge in [-0.25, -0.2) is 9.80 Å².